The van der Waals surface area contributed by atoms with E-state index < -0.39 is 0 Å². The molecule has 0 saturated carbocycles. The molecule has 1 aromatic heterocycles. The smallest absolute Gasteiger partial charge is 0.258 e. The van der Waals surface area contributed by atoms with Gasteiger partial charge in [-0.2, -0.15) is 0 Å². The first-order valence-electron chi connectivity index (χ1n) is 10.1. The molecular formula is C24H25FN2O3. The Hall–Kier alpha value is -3.12. The Morgan fingerprint density at radius 1 is 1.03 bits per heavy atom. The first-order valence-corrected chi connectivity index (χ1v) is 10.1. The van der Waals surface area contributed by atoms with E-state index >= 15 is 0 Å². The number of ether oxygens (including phenoxy) is 2. The minimum Gasteiger partial charge on any atom is -0.489 e. The molecule has 5 nitrogen and oxygen atoms in total. The SMILES string of the molecule is CC(C)N1CCC1Oc1ccc(-n2ccc(OCc3ccc(F)cc3)cc2=O)cc1. The summed E-state index contributed by atoms with van der Waals surface area (Å²) in [7, 11) is 0. The minimum absolute atomic E-state index is 0.121. The summed E-state index contributed by atoms with van der Waals surface area (Å²) >= 11 is 0. The minimum atomic E-state index is -0.289. The number of hydrogen-bond acceptors (Lipinski definition) is 4. The predicted octanol–water partition coefficient (Wildman–Crippen LogP) is 4.37. The Balaban J connectivity index is 1.40. The van der Waals surface area contributed by atoms with Crippen LogP contribution in [0.1, 0.15) is 25.8 Å². The Morgan fingerprint density at radius 2 is 1.77 bits per heavy atom. The van der Waals surface area contributed by atoms with Crippen LogP contribution in [-0.2, 0) is 6.61 Å². The normalized spacial score (nSPS) is 16.3. The zero-order chi connectivity index (χ0) is 21.1. The molecule has 1 atom stereocenters. The van der Waals surface area contributed by atoms with Crippen molar-refractivity contribution in [2.45, 2.75) is 39.1 Å². The van der Waals surface area contributed by atoms with E-state index in [1.807, 2.05) is 24.3 Å². The van der Waals surface area contributed by atoms with Gasteiger partial charge in [0, 0.05) is 37.0 Å². The van der Waals surface area contributed by atoms with Gasteiger partial charge in [0.1, 0.15) is 23.9 Å². The van der Waals surface area contributed by atoms with E-state index in [0.29, 0.717) is 11.8 Å². The van der Waals surface area contributed by atoms with E-state index in [4.69, 9.17) is 9.47 Å². The summed E-state index contributed by atoms with van der Waals surface area (Å²) < 4.78 is 26.2. The molecule has 0 N–H and O–H groups in total. The van der Waals surface area contributed by atoms with E-state index in [2.05, 4.69) is 18.7 Å². The summed E-state index contributed by atoms with van der Waals surface area (Å²) in [5.41, 5.74) is 1.40. The van der Waals surface area contributed by atoms with Gasteiger partial charge in [0.05, 0.1) is 0 Å². The lowest BCUT2D eigenvalue weighted by Gasteiger charge is -2.43. The Kier molecular flexibility index (Phi) is 5.86. The molecule has 0 aliphatic carbocycles. The van der Waals surface area contributed by atoms with E-state index in [1.54, 1.807) is 29.0 Å². The van der Waals surface area contributed by atoms with Crippen molar-refractivity contribution in [3.05, 3.63) is 88.6 Å². The maximum atomic E-state index is 13.0. The van der Waals surface area contributed by atoms with E-state index in [9.17, 15) is 9.18 Å². The van der Waals surface area contributed by atoms with Crippen molar-refractivity contribution in [1.29, 1.82) is 0 Å². The largest absolute Gasteiger partial charge is 0.489 e. The highest BCUT2D eigenvalue weighted by Crippen LogP contribution is 2.25. The van der Waals surface area contributed by atoms with Gasteiger partial charge in [0.2, 0.25) is 0 Å². The standard InChI is InChI=1S/C24H25FN2O3/c1-17(2)26-14-12-24(26)30-21-9-7-20(8-10-21)27-13-11-22(15-23(27)28)29-16-18-3-5-19(25)6-4-18/h3-11,13,15,17,24H,12,14,16H2,1-2H3. The van der Waals surface area contributed by atoms with Crippen LogP contribution in [-0.4, -0.2) is 28.3 Å². The number of nitrogens with zero attached hydrogens (tertiary/aromatic N) is 2. The fourth-order valence-electron chi connectivity index (χ4n) is 3.45. The molecule has 2 heterocycles. The zero-order valence-electron chi connectivity index (χ0n) is 17.1. The van der Waals surface area contributed by atoms with Gasteiger partial charge in [-0.1, -0.05) is 12.1 Å². The van der Waals surface area contributed by atoms with E-state index in [0.717, 1.165) is 30.0 Å². The molecule has 4 rings (SSSR count). The van der Waals surface area contributed by atoms with Crippen molar-refractivity contribution in [3.8, 4) is 17.2 Å². The predicted molar refractivity (Wildman–Crippen MR) is 114 cm³/mol. The van der Waals surface area contributed by atoms with Crippen LogP contribution in [0.3, 0.4) is 0 Å². The second kappa shape index (κ2) is 8.71. The van der Waals surface area contributed by atoms with Gasteiger partial charge in [-0.25, -0.2) is 4.39 Å². The van der Waals surface area contributed by atoms with Gasteiger partial charge in [0.25, 0.3) is 5.56 Å². The molecule has 1 aliphatic rings. The quantitative estimate of drug-likeness (QED) is 0.582. The summed E-state index contributed by atoms with van der Waals surface area (Å²) in [4.78, 5) is 14.8. The number of likely N-dealkylation sites (tertiary alicyclic amines) is 1. The molecule has 1 fully saturated rings. The molecule has 0 amide bonds. The van der Waals surface area contributed by atoms with Gasteiger partial charge in [-0.15, -0.1) is 0 Å². The van der Waals surface area contributed by atoms with Crippen LogP contribution in [0.25, 0.3) is 5.69 Å². The van der Waals surface area contributed by atoms with Crippen molar-refractivity contribution >= 4 is 0 Å². The number of aromatic nitrogens is 1. The Morgan fingerprint density at radius 3 is 2.37 bits per heavy atom. The van der Waals surface area contributed by atoms with Gasteiger partial charge in [0.15, 0.2) is 6.23 Å². The monoisotopic (exact) mass is 408 g/mol. The molecule has 2 aromatic carbocycles. The van der Waals surface area contributed by atoms with Gasteiger partial charge < -0.3 is 9.47 Å². The molecule has 1 saturated heterocycles. The molecule has 156 valence electrons. The molecule has 3 aromatic rings. The number of halogens is 1. The fraction of sp³-hybridized carbons (Fsp3) is 0.292. The molecule has 6 heteroatoms. The third-order valence-corrected chi connectivity index (χ3v) is 5.26. The maximum absolute atomic E-state index is 13.0. The fourth-order valence-corrected chi connectivity index (χ4v) is 3.45. The Bertz CT molecular complexity index is 1050. The van der Waals surface area contributed by atoms with Crippen LogP contribution in [0.2, 0.25) is 0 Å². The summed E-state index contributed by atoms with van der Waals surface area (Å²) in [5.74, 6) is 0.975. The first-order chi connectivity index (χ1) is 14.5. The van der Waals surface area contributed by atoms with Gasteiger partial charge in [-0.3, -0.25) is 14.3 Å². The molecular weight excluding hydrogens is 383 g/mol. The molecule has 1 aliphatic heterocycles. The van der Waals surface area contributed by atoms with Crippen LogP contribution >= 0.6 is 0 Å². The van der Waals surface area contributed by atoms with Crippen molar-refractivity contribution in [2.75, 3.05) is 6.54 Å². The highest BCUT2D eigenvalue weighted by Gasteiger charge is 2.31. The van der Waals surface area contributed by atoms with Gasteiger partial charge in [-0.05, 0) is 61.9 Å². The Labute approximate surface area is 175 Å². The van der Waals surface area contributed by atoms with E-state index in [-0.39, 0.29) is 24.2 Å². The molecule has 1 unspecified atom stereocenters. The summed E-state index contributed by atoms with van der Waals surface area (Å²) in [5, 5.41) is 0. The summed E-state index contributed by atoms with van der Waals surface area (Å²) in [6.07, 6.45) is 2.83. The average Bonchev–Trinajstić information content (AvgIpc) is 2.71. The van der Waals surface area contributed by atoms with Crippen LogP contribution < -0.4 is 15.0 Å². The third-order valence-electron chi connectivity index (χ3n) is 5.26. The molecule has 0 bridgehead atoms. The second-order valence-electron chi connectivity index (χ2n) is 7.67. The zero-order valence-corrected chi connectivity index (χ0v) is 17.1. The topological polar surface area (TPSA) is 43.7 Å². The number of hydrogen-bond donors (Lipinski definition) is 0. The number of benzene rings is 2. The van der Waals surface area contributed by atoms with Crippen LogP contribution in [0.15, 0.2) is 71.7 Å². The van der Waals surface area contributed by atoms with Crippen LogP contribution in [0.5, 0.6) is 11.5 Å². The molecule has 0 radical (unpaired) electrons. The lowest BCUT2D eigenvalue weighted by molar-refractivity contribution is -0.0736. The lowest BCUT2D eigenvalue weighted by atomic mass is 10.1. The maximum Gasteiger partial charge on any atom is 0.258 e. The van der Waals surface area contributed by atoms with Crippen LogP contribution in [0.4, 0.5) is 4.39 Å². The highest BCUT2D eigenvalue weighted by molar-refractivity contribution is 5.38. The highest BCUT2D eigenvalue weighted by atomic mass is 19.1. The lowest BCUT2D eigenvalue weighted by Crippen LogP contribution is -2.54. The number of pyridine rings is 1. The van der Waals surface area contributed by atoms with Crippen molar-refractivity contribution < 1.29 is 13.9 Å². The van der Waals surface area contributed by atoms with Crippen LogP contribution in [0, 0.1) is 5.82 Å². The number of rotatable bonds is 7. The second-order valence-corrected chi connectivity index (χ2v) is 7.67. The first kappa shape index (κ1) is 20.2. The van der Waals surface area contributed by atoms with Crippen molar-refractivity contribution in [3.63, 3.8) is 0 Å². The third kappa shape index (κ3) is 4.54. The molecule has 30 heavy (non-hydrogen) atoms. The van der Waals surface area contributed by atoms with E-state index in [1.165, 1.54) is 18.2 Å². The summed E-state index contributed by atoms with van der Waals surface area (Å²) in [6.45, 7) is 5.66. The van der Waals surface area contributed by atoms with Gasteiger partial charge >= 0.3 is 0 Å². The summed E-state index contributed by atoms with van der Waals surface area (Å²) in [6, 6.07) is 17.2. The van der Waals surface area contributed by atoms with Crippen molar-refractivity contribution in [1.82, 2.24) is 9.47 Å². The molecule has 0 spiro atoms. The average molecular weight is 408 g/mol. The van der Waals surface area contributed by atoms with Crippen molar-refractivity contribution in [2.24, 2.45) is 0 Å².